The van der Waals surface area contributed by atoms with E-state index >= 15 is 0 Å². The summed E-state index contributed by atoms with van der Waals surface area (Å²) in [4.78, 5) is 23.0. The van der Waals surface area contributed by atoms with Gasteiger partial charge in [-0.15, -0.1) is 0 Å². The van der Waals surface area contributed by atoms with Gasteiger partial charge in [-0.1, -0.05) is 32.0 Å². The van der Waals surface area contributed by atoms with Crippen LogP contribution in [0.5, 0.6) is 0 Å². The first-order valence-electron chi connectivity index (χ1n) is 7.76. The number of nitrogens with one attached hydrogen (secondary N) is 2. The molecule has 1 amide bonds. The Morgan fingerprint density at radius 1 is 1.17 bits per heavy atom. The van der Waals surface area contributed by atoms with E-state index in [-0.39, 0.29) is 36.2 Å². The topological polar surface area (TPSA) is 113 Å². The zero-order valence-corrected chi connectivity index (χ0v) is 14.7. The number of amides is 1. The molecular formula is C16H24N2O5S. The lowest BCUT2D eigenvalue weighted by atomic mass is 9.97. The van der Waals surface area contributed by atoms with Crippen LogP contribution in [0.15, 0.2) is 35.2 Å². The monoisotopic (exact) mass is 356 g/mol. The molecule has 1 aromatic rings. The highest BCUT2D eigenvalue weighted by atomic mass is 32.2. The van der Waals surface area contributed by atoms with Gasteiger partial charge in [0.05, 0.1) is 10.8 Å². The SMILES string of the molecule is CC(C)CC(CNC(=O)CCNS(=O)(=O)c1ccccc1)C(=O)O. The largest absolute Gasteiger partial charge is 0.481 e. The quantitative estimate of drug-likeness (QED) is 0.583. The lowest BCUT2D eigenvalue weighted by molar-refractivity contribution is -0.142. The van der Waals surface area contributed by atoms with Gasteiger partial charge in [0.25, 0.3) is 0 Å². The van der Waals surface area contributed by atoms with Crippen LogP contribution in [-0.2, 0) is 19.6 Å². The fourth-order valence-corrected chi connectivity index (χ4v) is 3.20. The molecule has 1 atom stereocenters. The average molecular weight is 356 g/mol. The van der Waals surface area contributed by atoms with Crippen molar-refractivity contribution in [2.24, 2.45) is 11.8 Å². The summed E-state index contributed by atoms with van der Waals surface area (Å²) < 4.78 is 26.3. The van der Waals surface area contributed by atoms with Crippen LogP contribution in [0.1, 0.15) is 26.7 Å². The van der Waals surface area contributed by atoms with Crippen molar-refractivity contribution in [3.63, 3.8) is 0 Å². The Bertz CT molecular complexity index is 644. The number of benzene rings is 1. The van der Waals surface area contributed by atoms with E-state index in [9.17, 15) is 18.0 Å². The number of carbonyl (C=O) groups excluding carboxylic acids is 1. The van der Waals surface area contributed by atoms with Crippen LogP contribution >= 0.6 is 0 Å². The lowest BCUT2D eigenvalue weighted by Gasteiger charge is -2.15. The molecule has 24 heavy (non-hydrogen) atoms. The number of rotatable bonds is 10. The summed E-state index contributed by atoms with van der Waals surface area (Å²) in [6, 6.07) is 7.87. The molecule has 3 N–H and O–H groups in total. The molecule has 0 radical (unpaired) electrons. The molecule has 1 rings (SSSR count). The normalized spacial score (nSPS) is 12.8. The van der Waals surface area contributed by atoms with E-state index in [1.54, 1.807) is 18.2 Å². The minimum absolute atomic E-state index is 0.0395. The van der Waals surface area contributed by atoms with Crippen LogP contribution in [0.3, 0.4) is 0 Å². The van der Waals surface area contributed by atoms with Crippen LogP contribution in [0.2, 0.25) is 0 Å². The zero-order chi connectivity index (χ0) is 18.2. The van der Waals surface area contributed by atoms with Crippen molar-refractivity contribution in [2.45, 2.75) is 31.6 Å². The maximum atomic E-state index is 12.0. The van der Waals surface area contributed by atoms with Crippen LogP contribution in [0.4, 0.5) is 0 Å². The summed E-state index contributed by atoms with van der Waals surface area (Å²) in [7, 11) is -3.64. The molecule has 1 unspecified atom stereocenters. The van der Waals surface area contributed by atoms with Crippen molar-refractivity contribution in [3.8, 4) is 0 Å². The Kier molecular flexibility index (Phi) is 7.87. The number of carboxylic acids is 1. The van der Waals surface area contributed by atoms with Gasteiger partial charge in [0.15, 0.2) is 0 Å². The summed E-state index contributed by atoms with van der Waals surface area (Å²) in [5.41, 5.74) is 0. The average Bonchev–Trinajstić information content (AvgIpc) is 2.51. The molecule has 0 aliphatic heterocycles. The van der Waals surface area contributed by atoms with Crippen molar-refractivity contribution in [2.75, 3.05) is 13.1 Å². The van der Waals surface area contributed by atoms with E-state index in [4.69, 9.17) is 5.11 Å². The second-order valence-corrected chi connectivity index (χ2v) is 7.70. The second-order valence-electron chi connectivity index (χ2n) is 5.93. The maximum Gasteiger partial charge on any atom is 0.308 e. The Labute approximate surface area is 142 Å². The summed E-state index contributed by atoms with van der Waals surface area (Å²) in [5.74, 6) is -1.77. The third-order valence-corrected chi connectivity index (χ3v) is 4.83. The van der Waals surface area contributed by atoms with E-state index in [1.165, 1.54) is 12.1 Å². The number of hydrogen-bond acceptors (Lipinski definition) is 4. The smallest absolute Gasteiger partial charge is 0.308 e. The molecule has 0 spiro atoms. The van der Waals surface area contributed by atoms with Crippen molar-refractivity contribution < 1.29 is 23.1 Å². The molecule has 1 aromatic carbocycles. The van der Waals surface area contributed by atoms with E-state index < -0.39 is 21.9 Å². The Morgan fingerprint density at radius 2 is 1.79 bits per heavy atom. The summed E-state index contributed by atoms with van der Waals surface area (Å²) >= 11 is 0. The number of hydrogen-bond donors (Lipinski definition) is 3. The molecule has 0 saturated carbocycles. The second kappa shape index (κ2) is 9.39. The minimum Gasteiger partial charge on any atom is -0.481 e. The van der Waals surface area contributed by atoms with Crippen molar-refractivity contribution >= 4 is 21.9 Å². The zero-order valence-electron chi connectivity index (χ0n) is 13.9. The molecule has 0 fully saturated rings. The molecular weight excluding hydrogens is 332 g/mol. The molecule has 7 nitrogen and oxygen atoms in total. The Hall–Kier alpha value is -1.93. The number of carboxylic acid groups (broad SMARTS) is 1. The van der Waals surface area contributed by atoms with Gasteiger partial charge in [-0.3, -0.25) is 9.59 Å². The first kappa shape index (κ1) is 20.1. The fourth-order valence-electron chi connectivity index (χ4n) is 2.15. The third kappa shape index (κ3) is 7.10. The van der Waals surface area contributed by atoms with Crippen LogP contribution in [-0.4, -0.2) is 38.5 Å². The van der Waals surface area contributed by atoms with Crippen LogP contribution in [0, 0.1) is 11.8 Å². The van der Waals surface area contributed by atoms with Gasteiger partial charge in [-0.25, -0.2) is 13.1 Å². The third-order valence-electron chi connectivity index (χ3n) is 3.35. The van der Waals surface area contributed by atoms with Gasteiger partial charge in [0.1, 0.15) is 0 Å². The van der Waals surface area contributed by atoms with Crippen molar-refractivity contribution in [1.82, 2.24) is 10.0 Å². The highest BCUT2D eigenvalue weighted by Gasteiger charge is 2.20. The molecule has 8 heteroatoms. The summed E-state index contributed by atoms with van der Waals surface area (Å²) in [5, 5.41) is 11.6. The Balaban J connectivity index is 2.40. The molecule has 0 aliphatic carbocycles. The van der Waals surface area contributed by atoms with Crippen molar-refractivity contribution in [3.05, 3.63) is 30.3 Å². The molecule has 0 bridgehead atoms. The minimum atomic E-state index is -3.64. The Morgan fingerprint density at radius 3 is 2.33 bits per heavy atom. The molecule has 0 aromatic heterocycles. The van der Waals surface area contributed by atoms with Gasteiger partial charge >= 0.3 is 5.97 Å². The van der Waals surface area contributed by atoms with E-state index in [1.807, 2.05) is 13.8 Å². The molecule has 0 saturated heterocycles. The van der Waals surface area contributed by atoms with E-state index in [2.05, 4.69) is 10.0 Å². The maximum absolute atomic E-state index is 12.0. The van der Waals surface area contributed by atoms with Gasteiger partial charge in [0.2, 0.25) is 15.9 Å². The first-order chi connectivity index (χ1) is 11.2. The highest BCUT2D eigenvalue weighted by molar-refractivity contribution is 7.89. The lowest BCUT2D eigenvalue weighted by Crippen LogP contribution is -2.35. The molecule has 0 heterocycles. The van der Waals surface area contributed by atoms with Gasteiger partial charge in [0, 0.05) is 19.5 Å². The predicted octanol–water partition coefficient (Wildman–Crippen LogP) is 1.22. The molecule has 134 valence electrons. The van der Waals surface area contributed by atoms with Crippen LogP contribution in [0.25, 0.3) is 0 Å². The summed E-state index contributed by atoms with van der Waals surface area (Å²) in [6.45, 7) is 3.81. The highest BCUT2D eigenvalue weighted by Crippen LogP contribution is 2.11. The summed E-state index contributed by atoms with van der Waals surface area (Å²) in [6.07, 6.45) is 0.413. The molecule has 0 aliphatic rings. The van der Waals surface area contributed by atoms with Gasteiger partial charge in [-0.2, -0.15) is 0 Å². The van der Waals surface area contributed by atoms with E-state index in [0.717, 1.165) is 0 Å². The van der Waals surface area contributed by atoms with E-state index in [0.29, 0.717) is 6.42 Å². The fraction of sp³-hybridized carbons (Fsp3) is 0.500. The number of sulfonamides is 1. The van der Waals surface area contributed by atoms with Gasteiger partial charge in [-0.05, 0) is 24.5 Å². The van der Waals surface area contributed by atoms with Gasteiger partial charge < -0.3 is 10.4 Å². The predicted molar refractivity (Wildman–Crippen MR) is 89.8 cm³/mol. The number of carbonyl (C=O) groups is 2. The van der Waals surface area contributed by atoms with Crippen molar-refractivity contribution in [1.29, 1.82) is 0 Å². The first-order valence-corrected chi connectivity index (χ1v) is 9.25. The number of aliphatic carboxylic acids is 1. The standard InChI is InChI=1S/C16H24N2O5S/c1-12(2)10-13(16(20)21)11-17-15(19)8-9-18-24(22,23)14-6-4-3-5-7-14/h3-7,12-13,18H,8-11H2,1-2H3,(H,17,19)(H,20,21). The van der Waals surface area contributed by atoms with Crippen LogP contribution < -0.4 is 10.0 Å².